The van der Waals surface area contributed by atoms with E-state index in [0.29, 0.717) is 17.1 Å². The van der Waals surface area contributed by atoms with E-state index in [1.165, 1.54) is 0 Å². The van der Waals surface area contributed by atoms with Crippen LogP contribution in [0.3, 0.4) is 0 Å². The van der Waals surface area contributed by atoms with E-state index in [0.717, 1.165) is 36.5 Å². The van der Waals surface area contributed by atoms with Crippen molar-refractivity contribution in [2.24, 2.45) is 4.99 Å². The monoisotopic (exact) mass is 324 g/mol. The Balaban J connectivity index is 1.75. The third kappa shape index (κ3) is 3.56. The van der Waals surface area contributed by atoms with Crippen molar-refractivity contribution in [2.45, 2.75) is 19.8 Å². The molecule has 0 fully saturated rings. The SMILES string of the molecule is COc1ccc(C(=O)Oc2cccc(NC3=NCCC3)c2C)cc1. The topological polar surface area (TPSA) is 59.9 Å². The summed E-state index contributed by atoms with van der Waals surface area (Å²) in [5, 5.41) is 3.32. The van der Waals surface area contributed by atoms with Crippen LogP contribution in [-0.4, -0.2) is 25.5 Å². The first-order chi connectivity index (χ1) is 11.7. The average Bonchev–Trinajstić information content (AvgIpc) is 3.11. The van der Waals surface area contributed by atoms with Gasteiger partial charge in [0.1, 0.15) is 17.3 Å². The summed E-state index contributed by atoms with van der Waals surface area (Å²) in [7, 11) is 1.59. The maximum atomic E-state index is 12.3. The van der Waals surface area contributed by atoms with Gasteiger partial charge in [0.2, 0.25) is 0 Å². The molecule has 5 nitrogen and oxygen atoms in total. The molecule has 0 atom stereocenters. The standard InChI is InChI=1S/C19H20N2O3/c1-13-16(21-18-7-4-12-20-18)5-3-6-17(13)24-19(22)14-8-10-15(23-2)11-9-14/h3,5-6,8-11H,4,7,12H2,1-2H3,(H,20,21). The molecule has 2 aromatic carbocycles. The van der Waals surface area contributed by atoms with Gasteiger partial charge in [0.15, 0.2) is 0 Å². The molecule has 1 aliphatic heterocycles. The van der Waals surface area contributed by atoms with Crippen molar-refractivity contribution in [1.29, 1.82) is 0 Å². The second kappa shape index (κ2) is 7.17. The number of hydrogen-bond donors (Lipinski definition) is 1. The van der Waals surface area contributed by atoms with Crippen LogP contribution in [0.25, 0.3) is 0 Å². The van der Waals surface area contributed by atoms with Gasteiger partial charge in [-0.25, -0.2) is 4.79 Å². The van der Waals surface area contributed by atoms with Crippen molar-refractivity contribution >= 4 is 17.5 Å². The van der Waals surface area contributed by atoms with Crippen LogP contribution in [0.1, 0.15) is 28.8 Å². The summed E-state index contributed by atoms with van der Waals surface area (Å²) < 4.78 is 10.6. The second-order valence-corrected chi connectivity index (χ2v) is 5.60. The average molecular weight is 324 g/mol. The Morgan fingerprint density at radius 2 is 1.96 bits per heavy atom. The Labute approximate surface area is 141 Å². The molecule has 1 N–H and O–H groups in total. The number of carbonyl (C=O) groups is 1. The van der Waals surface area contributed by atoms with Gasteiger partial charge in [0.05, 0.1) is 12.7 Å². The molecule has 2 aromatic rings. The fourth-order valence-corrected chi connectivity index (χ4v) is 2.54. The number of methoxy groups -OCH3 is 1. The number of hydrogen-bond acceptors (Lipinski definition) is 5. The maximum Gasteiger partial charge on any atom is 0.343 e. The first kappa shape index (κ1) is 16.1. The summed E-state index contributed by atoms with van der Waals surface area (Å²) in [4.78, 5) is 16.7. The smallest absolute Gasteiger partial charge is 0.343 e. The lowest BCUT2D eigenvalue weighted by Gasteiger charge is -2.13. The largest absolute Gasteiger partial charge is 0.497 e. The molecule has 24 heavy (non-hydrogen) atoms. The number of ether oxygens (including phenoxy) is 2. The number of rotatable bonds is 4. The first-order valence-electron chi connectivity index (χ1n) is 7.93. The predicted molar refractivity (Wildman–Crippen MR) is 94.3 cm³/mol. The van der Waals surface area contributed by atoms with Gasteiger partial charge in [0, 0.05) is 24.2 Å². The van der Waals surface area contributed by atoms with Gasteiger partial charge in [0.25, 0.3) is 0 Å². The molecule has 0 amide bonds. The Morgan fingerprint density at radius 1 is 1.17 bits per heavy atom. The van der Waals surface area contributed by atoms with E-state index in [1.807, 2.05) is 19.1 Å². The summed E-state index contributed by atoms with van der Waals surface area (Å²) in [6.45, 7) is 2.79. The quantitative estimate of drug-likeness (QED) is 0.686. The Morgan fingerprint density at radius 3 is 2.62 bits per heavy atom. The third-order valence-electron chi connectivity index (χ3n) is 3.97. The molecule has 1 heterocycles. The number of carbonyl (C=O) groups excluding carboxylic acids is 1. The molecule has 3 rings (SSSR count). The summed E-state index contributed by atoms with van der Waals surface area (Å²) >= 11 is 0. The van der Waals surface area contributed by atoms with E-state index in [9.17, 15) is 4.79 Å². The maximum absolute atomic E-state index is 12.3. The van der Waals surface area contributed by atoms with Crippen LogP contribution in [0.4, 0.5) is 5.69 Å². The van der Waals surface area contributed by atoms with Crippen LogP contribution in [-0.2, 0) is 0 Å². The van der Waals surface area contributed by atoms with Gasteiger partial charge in [-0.15, -0.1) is 0 Å². The van der Waals surface area contributed by atoms with Gasteiger partial charge < -0.3 is 14.8 Å². The van der Waals surface area contributed by atoms with E-state index >= 15 is 0 Å². The highest BCUT2D eigenvalue weighted by atomic mass is 16.5. The van der Waals surface area contributed by atoms with Crippen molar-refractivity contribution in [3.05, 3.63) is 53.6 Å². The van der Waals surface area contributed by atoms with Crippen molar-refractivity contribution in [1.82, 2.24) is 0 Å². The Hall–Kier alpha value is -2.82. The number of esters is 1. The fourth-order valence-electron chi connectivity index (χ4n) is 2.54. The van der Waals surface area contributed by atoms with Gasteiger partial charge in [-0.05, 0) is 49.7 Å². The minimum atomic E-state index is -0.392. The minimum absolute atomic E-state index is 0.392. The number of amidine groups is 1. The molecule has 1 aliphatic rings. The second-order valence-electron chi connectivity index (χ2n) is 5.60. The molecule has 5 heteroatoms. The zero-order valence-electron chi connectivity index (χ0n) is 13.8. The van der Waals surface area contributed by atoms with Crippen molar-refractivity contribution in [3.8, 4) is 11.5 Å². The minimum Gasteiger partial charge on any atom is -0.497 e. The number of benzene rings is 2. The highest BCUT2D eigenvalue weighted by Gasteiger charge is 2.14. The zero-order chi connectivity index (χ0) is 16.9. The molecule has 0 aromatic heterocycles. The molecular weight excluding hydrogens is 304 g/mol. The van der Waals surface area contributed by atoms with Crippen LogP contribution in [0.2, 0.25) is 0 Å². The lowest BCUT2D eigenvalue weighted by atomic mass is 10.1. The van der Waals surface area contributed by atoms with Crippen molar-refractivity contribution in [3.63, 3.8) is 0 Å². The first-order valence-corrected chi connectivity index (χ1v) is 7.93. The van der Waals surface area contributed by atoms with Crippen LogP contribution in [0, 0.1) is 6.92 Å². The molecule has 124 valence electrons. The third-order valence-corrected chi connectivity index (χ3v) is 3.97. The van der Waals surface area contributed by atoms with Crippen LogP contribution >= 0.6 is 0 Å². The van der Waals surface area contributed by atoms with Gasteiger partial charge >= 0.3 is 5.97 Å². The fraction of sp³-hybridized carbons (Fsp3) is 0.263. The molecular formula is C19H20N2O3. The number of nitrogens with one attached hydrogen (secondary N) is 1. The number of anilines is 1. The Bertz CT molecular complexity index is 767. The summed E-state index contributed by atoms with van der Waals surface area (Å²) in [5.74, 6) is 1.83. The van der Waals surface area contributed by atoms with Crippen molar-refractivity contribution < 1.29 is 14.3 Å². The van der Waals surface area contributed by atoms with E-state index in [-0.39, 0.29) is 0 Å². The van der Waals surface area contributed by atoms with Gasteiger partial charge in [-0.3, -0.25) is 4.99 Å². The molecule has 0 spiro atoms. The molecule has 0 unspecified atom stereocenters. The molecule has 0 bridgehead atoms. The van der Waals surface area contributed by atoms with E-state index in [1.54, 1.807) is 37.4 Å². The van der Waals surface area contributed by atoms with Crippen molar-refractivity contribution in [2.75, 3.05) is 19.0 Å². The van der Waals surface area contributed by atoms with Crippen LogP contribution < -0.4 is 14.8 Å². The molecule has 0 saturated carbocycles. The lowest BCUT2D eigenvalue weighted by molar-refractivity contribution is 0.0733. The van der Waals surface area contributed by atoms with E-state index < -0.39 is 5.97 Å². The highest BCUT2D eigenvalue weighted by molar-refractivity contribution is 5.97. The van der Waals surface area contributed by atoms with Gasteiger partial charge in [-0.1, -0.05) is 6.07 Å². The normalized spacial score (nSPS) is 13.3. The highest BCUT2D eigenvalue weighted by Crippen LogP contribution is 2.27. The van der Waals surface area contributed by atoms with Crippen LogP contribution in [0.15, 0.2) is 47.5 Å². The van der Waals surface area contributed by atoms with E-state index in [4.69, 9.17) is 9.47 Å². The van der Waals surface area contributed by atoms with Crippen LogP contribution in [0.5, 0.6) is 11.5 Å². The molecule has 0 aliphatic carbocycles. The Kier molecular flexibility index (Phi) is 4.79. The zero-order valence-corrected chi connectivity index (χ0v) is 13.8. The summed E-state index contributed by atoms with van der Waals surface area (Å²) in [6.07, 6.45) is 2.03. The molecule has 0 radical (unpaired) electrons. The summed E-state index contributed by atoms with van der Waals surface area (Å²) in [5.41, 5.74) is 2.28. The molecule has 0 saturated heterocycles. The van der Waals surface area contributed by atoms with E-state index in [2.05, 4.69) is 10.3 Å². The lowest BCUT2D eigenvalue weighted by Crippen LogP contribution is -2.12. The van der Waals surface area contributed by atoms with Gasteiger partial charge in [-0.2, -0.15) is 0 Å². The number of aliphatic imine (C=N–C) groups is 1. The number of nitrogens with zero attached hydrogens (tertiary/aromatic N) is 1. The predicted octanol–water partition coefficient (Wildman–Crippen LogP) is 3.83. The summed E-state index contributed by atoms with van der Waals surface area (Å²) in [6, 6.07) is 12.5.